The van der Waals surface area contributed by atoms with E-state index in [1.807, 2.05) is 56.3 Å². The second-order valence-corrected chi connectivity index (χ2v) is 5.94. The topological polar surface area (TPSA) is 70.2 Å². The first-order valence-corrected chi connectivity index (χ1v) is 8.54. The maximum atomic E-state index is 12.1. The van der Waals surface area contributed by atoms with Gasteiger partial charge in [0.1, 0.15) is 0 Å². The zero-order valence-electron chi connectivity index (χ0n) is 14.7. The minimum Gasteiger partial charge on any atom is -0.349 e. The molecular weight excluding hydrogens is 314 g/mol. The Kier molecular flexibility index (Phi) is 7.01. The fourth-order valence-corrected chi connectivity index (χ4v) is 2.47. The maximum Gasteiger partial charge on any atom is 0.319 e. The molecule has 0 heterocycles. The van der Waals surface area contributed by atoms with Crippen molar-refractivity contribution in [2.75, 3.05) is 11.9 Å². The summed E-state index contributed by atoms with van der Waals surface area (Å²) in [7, 11) is 0. The average Bonchev–Trinajstić information content (AvgIpc) is 2.61. The lowest BCUT2D eigenvalue weighted by Crippen LogP contribution is -2.34. The van der Waals surface area contributed by atoms with Crippen molar-refractivity contribution >= 4 is 17.6 Å². The molecule has 0 fully saturated rings. The Balaban J connectivity index is 1.74. The van der Waals surface area contributed by atoms with E-state index in [1.165, 1.54) is 5.56 Å². The quantitative estimate of drug-likeness (QED) is 0.718. The van der Waals surface area contributed by atoms with E-state index >= 15 is 0 Å². The molecule has 2 aromatic carbocycles. The molecule has 0 aromatic heterocycles. The van der Waals surface area contributed by atoms with E-state index in [4.69, 9.17) is 0 Å². The Morgan fingerprint density at radius 1 is 1.00 bits per heavy atom. The summed E-state index contributed by atoms with van der Waals surface area (Å²) in [4.78, 5) is 23.9. The van der Waals surface area contributed by atoms with Crippen molar-refractivity contribution in [2.45, 2.75) is 32.7 Å². The maximum absolute atomic E-state index is 12.1. The molecule has 5 heteroatoms. The van der Waals surface area contributed by atoms with Crippen LogP contribution in [0.2, 0.25) is 0 Å². The number of amides is 3. The van der Waals surface area contributed by atoms with Crippen molar-refractivity contribution in [1.82, 2.24) is 10.6 Å². The highest BCUT2D eigenvalue weighted by molar-refractivity contribution is 5.89. The second-order valence-electron chi connectivity index (χ2n) is 5.94. The number of carbonyl (C=O) groups excluding carboxylic acids is 2. The van der Waals surface area contributed by atoms with E-state index in [0.717, 1.165) is 17.7 Å². The van der Waals surface area contributed by atoms with Gasteiger partial charge in [-0.3, -0.25) is 4.79 Å². The Labute approximate surface area is 148 Å². The van der Waals surface area contributed by atoms with Gasteiger partial charge in [-0.15, -0.1) is 0 Å². The van der Waals surface area contributed by atoms with Gasteiger partial charge in [-0.25, -0.2) is 4.79 Å². The Morgan fingerprint density at radius 2 is 1.68 bits per heavy atom. The largest absolute Gasteiger partial charge is 0.349 e. The van der Waals surface area contributed by atoms with E-state index < -0.39 is 0 Å². The van der Waals surface area contributed by atoms with Gasteiger partial charge in [0, 0.05) is 18.7 Å². The minimum atomic E-state index is -0.315. The molecule has 1 atom stereocenters. The summed E-state index contributed by atoms with van der Waals surface area (Å²) >= 11 is 0. The van der Waals surface area contributed by atoms with Gasteiger partial charge in [0.25, 0.3) is 0 Å². The van der Waals surface area contributed by atoms with E-state index in [-0.39, 0.29) is 30.9 Å². The van der Waals surface area contributed by atoms with Gasteiger partial charge in [-0.2, -0.15) is 0 Å². The smallest absolute Gasteiger partial charge is 0.319 e. The summed E-state index contributed by atoms with van der Waals surface area (Å²) < 4.78 is 0. The molecule has 0 aliphatic carbocycles. The standard InChI is InChI=1S/C20H25N3O2/c1-3-18(16-11-9-15(2)10-12-16)23-19(24)13-14-21-20(25)22-17-7-5-4-6-8-17/h4-12,18H,3,13-14H2,1-2H3,(H,23,24)(H2,21,22,25)/t18-/m0/s1. The lowest BCUT2D eigenvalue weighted by Gasteiger charge is -2.18. The number of hydrogen-bond donors (Lipinski definition) is 3. The third kappa shape index (κ3) is 6.30. The van der Waals surface area contributed by atoms with Crippen molar-refractivity contribution in [3.05, 3.63) is 65.7 Å². The number of carbonyl (C=O) groups is 2. The number of urea groups is 1. The molecular formula is C20H25N3O2. The van der Waals surface area contributed by atoms with Gasteiger partial charge in [0.05, 0.1) is 6.04 Å². The van der Waals surface area contributed by atoms with Crippen LogP contribution in [0.3, 0.4) is 0 Å². The molecule has 0 radical (unpaired) electrons. The van der Waals surface area contributed by atoms with Gasteiger partial charge < -0.3 is 16.0 Å². The molecule has 3 N–H and O–H groups in total. The van der Waals surface area contributed by atoms with Crippen molar-refractivity contribution in [1.29, 1.82) is 0 Å². The first-order chi connectivity index (χ1) is 12.1. The summed E-state index contributed by atoms with van der Waals surface area (Å²) in [6.07, 6.45) is 1.06. The molecule has 3 amide bonds. The summed E-state index contributed by atoms with van der Waals surface area (Å²) in [5.74, 6) is -0.0764. The van der Waals surface area contributed by atoms with E-state index in [0.29, 0.717) is 0 Å². The normalized spacial score (nSPS) is 11.4. The van der Waals surface area contributed by atoms with Crippen molar-refractivity contribution in [3.8, 4) is 0 Å². The molecule has 0 aliphatic rings. The molecule has 0 spiro atoms. The number of hydrogen-bond acceptors (Lipinski definition) is 2. The molecule has 25 heavy (non-hydrogen) atoms. The minimum absolute atomic E-state index is 0.00811. The first kappa shape index (κ1) is 18.5. The number of aryl methyl sites for hydroxylation is 1. The van der Waals surface area contributed by atoms with Gasteiger partial charge in [-0.1, -0.05) is 55.0 Å². The molecule has 132 valence electrons. The Hall–Kier alpha value is -2.82. The Morgan fingerprint density at radius 3 is 2.32 bits per heavy atom. The molecule has 2 aromatic rings. The summed E-state index contributed by atoms with van der Waals surface area (Å²) in [5.41, 5.74) is 3.00. The third-order valence-corrected chi connectivity index (χ3v) is 3.89. The predicted octanol–water partition coefficient (Wildman–Crippen LogP) is 3.77. The molecule has 5 nitrogen and oxygen atoms in total. The highest BCUT2D eigenvalue weighted by Gasteiger charge is 2.12. The molecule has 2 rings (SSSR count). The van der Waals surface area contributed by atoms with Crippen LogP contribution < -0.4 is 16.0 Å². The van der Waals surface area contributed by atoms with Crippen LogP contribution in [-0.2, 0) is 4.79 Å². The van der Waals surface area contributed by atoms with E-state index in [1.54, 1.807) is 12.1 Å². The van der Waals surface area contributed by atoms with Crippen LogP contribution in [0.4, 0.5) is 10.5 Å². The zero-order chi connectivity index (χ0) is 18.1. The van der Waals surface area contributed by atoms with Crippen LogP contribution in [0, 0.1) is 6.92 Å². The Bertz CT molecular complexity index is 684. The van der Waals surface area contributed by atoms with Crippen molar-refractivity contribution in [2.24, 2.45) is 0 Å². The van der Waals surface area contributed by atoms with Crippen molar-refractivity contribution < 1.29 is 9.59 Å². The van der Waals surface area contributed by atoms with E-state index in [2.05, 4.69) is 16.0 Å². The lowest BCUT2D eigenvalue weighted by molar-refractivity contribution is -0.121. The number of nitrogens with one attached hydrogen (secondary N) is 3. The zero-order valence-corrected chi connectivity index (χ0v) is 14.7. The summed E-state index contributed by atoms with van der Waals surface area (Å²) in [6.45, 7) is 4.36. The van der Waals surface area contributed by atoms with Gasteiger partial charge in [-0.05, 0) is 31.0 Å². The first-order valence-electron chi connectivity index (χ1n) is 8.54. The fourth-order valence-electron chi connectivity index (χ4n) is 2.47. The van der Waals surface area contributed by atoms with Crippen LogP contribution in [0.25, 0.3) is 0 Å². The predicted molar refractivity (Wildman–Crippen MR) is 100 cm³/mol. The number of rotatable bonds is 7. The van der Waals surface area contributed by atoms with Crippen LogP contribution in [0.1, 0.15) is 36.9 Å². The van der Waals surface area contributed by atoms with E-state index in [9.17, 15) is 9.59 Å². The van der Waals surface area contributed by atoms with Crippen LogP contribution in [0.15, 0.2) is 54.6 Å². The van der Waals surface area contributed by atoms with Gasteiger partial charge in [0.2, 0.25) is 5.91 Å². The van der Waals surface area contributed by atoms with Crippen molar-refractivity contribution in [3.63, 3.8) is 0 Å². The fraction of sp³-hybridized carbons (Fsp3) is 0.300. The van der Waals surface area contributed by atoms with Gasteiger partial charge in [0.15, 0.2) is 0 Å². The second kappa shape index (κ2) is 9.47. The molecule has 0 saturated carbocycles. The van der Waals surface area contributed by atoms with Crippen LogP contribution in [0.5, 0.6) is 0 Å². The summed E-state index contributed by atoms with van der Waals surface area (Å²) in [5, 5.41) is 8.42. The molecule has 0 unspecified atom stereocenters. The van der Waals surface area contributed by atoms with Gasteiger partial charge >= 0.3 is 6.03 Å². The number of anilines is 1. The summed E-state index contributed by atoms with van der Waals surface area (Å²) in [6, 6.07) is 17.0. The SMILES string of the molecule is CC[C@H](NC(=O)CCNC(=O)Nc1ccccc1)c1ccc(C)cc1. The monoisotopic (exact) mass is 339 g/mol. The molecule has 0 saturated heterocycles. The lowest BCUT2D eigenvalue weighted by atomic mass is 10.0. The average molecular weight is 339 g/mol. The molecule has 0 bridgehead atoms. The molecule has 0 aliphatic heterocycles. The third-order valence-electron chi connectivity index (χ3n) is 3.89. The highest BCUT2D eigenvalue weighted by atomic mass is 16.2. The number of para-hydroxylation sites is 1. The number of benzene rings is 2. The van der Waals surface area contributed by atoms with Crippen LogP contribution in [-0.4, -0.2) is 18.5 Å². The highest BCUT2D eigenvalue weighted by Crippen LogP contribution is 2.17. The van der Waals surface area contributed by atoms with Crippen LogP contribution >= 0.6 is 0 Å².